The first-order chi connectivity index (χ1) is 17.9. The number of nitrogens with one attached hydrogen (secondary N) is 2. The van der Waals surface area contributed by atoms with Crippen LogP contribution in [0.25, 0.3) is 16.9 Å². The van der Waals surface area contributed by atoms with Crippen molar-refractivity contribution >= 4 is 28.7 Å². The number of amides is 1. The highest BCUT2D eigenvalue weighted by Crippen LogP contribution is 2.38. The summed E-state index contributed by atoms with van der Waals surface area (Å²) in [5.41, 5.74) is 4.58. The number of hydrogen-bond donors (Lipinski definition) is 2. The van der Waals surface area contributed by atoms with Crippen LogP contribution < -0.4 is 20.3 Å². The summed E-state index contributed by atoms with van der Waals surface area (Å²) in [6.45, 7) is -0.339. The van der Waals surface area contributed by atoms with E-state index in [0.29, 0.717) is 48.1 Å². The molecule has 176 valence electrons. The van der Waals surface area contributed by atoms with Gasteiger partial charge in [0.1, 0.15) is 29.5 Å². The molecular weight excluding hydrogens is 451 g/mol. The molecule has 0 bridgehead atoms. The second-order valence-corrected chi connectivity index (χ2v) is 8.56. The van der Waals surface area contributed by atoms with Crippen LogP contribution in [0.1, 0.15) is 18.7 Å². The summed E-state index contributed by atoms with van der Waals surface area (Å²) in [6, 6.07) is 9.47. The van der Waals surface area contributed by atoms with Crippen LogP contribution >= 0.6 is 0 Å². The maximum Gasteiger partial charge on any atom is 0.254 e. The Hall–Kier alpha value is -4.18. The van der Waals surface area contributed by atoms with Gasteiger partial charge in [-0.2, -0.15) is 4.98 Å². The second kappa shape index (κ2) is 7.67. The molecule has 0 radical (unpaired) electrons. The Morgan fingerprint density at radius 3 is 3.14 bits per heavy atom. The minimum Gasteiger partial charge on any atom is -0.474 e. The maximum atomic E-state index is 13.6. The van der Waals surface area contributed by atoms with Crippen molar-refractivity contribution in [2.75, 3.05) is 36.5 Å². The van der Waals surface area contributed by atoms with E-state index >= 15 is 0 Å². The molecule has 6 heterocycles. The molecule has 7 rings (SSSR count). The van der Waals surface area contributed by atoms with Gasteiger partial charge in [-0.25, -0.2) is 9.37 Å². The number of hydrogen-bond acceptors (Lipinski definition) is 7. The SMILES string of the molecule is [2H]C1([2H])Oc2nc(Nc3ccc(-c4cnc5cc(F)ccn45)c4c3C(=O)NC4)ccc2N2CCOC[C@@H]21. The Morgan fingerprint density at radius 1 is 1.26 bits per heavy atom. The van der Waals surface area contributed by atoms with Crippen LogP contribution in [-0.4, -0.2) is 52.6 Å². The van der Waals surface area contributed by atoms with E-state index in [4.69, 9.17) is 12.2 Å². The number of morpholine rings is 1. The minimum atomic E-state index is -1.96. The predicted octanol–water partition coefficient (Wildman–Crippen LogP) is 3.12. The van der Waals surface area contributed by atoms with Gasteiger partial charge in [-0.15, -0.1) is 0 Å². The summed E-state index contributed by atoms with van der Waals surface area (Å²) in [7, 11) is 0. The molecule has 4 aromatic rings. The number of anilines is 3. The number of ether oxygens (including phenoxy) is 2. The van der Waals surface area contributed by atoms with Crippen molar-refractivity contribution in [1.29, 1.82) is 0 Å². The summed E-state index contributed by atoms with van der Waals surface area (Å²) in [4.78, 5) is 23.6. The zero-order chi connectivity index (χ0) is 25.3. The van der Waals surface area contributed by atoms with Gasteiger partial charge in [-0.1, -0.05) is 6.07 Å². The first-order valence-corrected chi connectivity index (χ1v) is 11.3. The van der Waals surface area contributed by atoms with Crippen LogP contribution in [0, 0.1) is 5.82 Å². The molecule has 9 nitrogen and oxygen atoms in total. The Labute approximate surface area is 202 Å². The standard InChI is InChI=1S/C25H21FN6O3/c26-14-5-6-32-20(11-27-22(32)9-14)16-1-2-18(23-17(16)10-28-24(23)33)29-21-4-3-19-25(30-21)35-13-15-12-34-8-7-31(15)19/h1-6,9,11,15H,7-8,10,12-13H2,(H,28,33)(H,29,30)/t15-/m1/s1/i13D2. The average Bonchev–Trinajstić information content (AvgIpc) is 3.48. The number of pyridine rings is 2. The average molecular weight is 474 g/mol. The fraction of sp³-hybridized carbons (Fsp3) is 0.240. The molecule has 0 unspecified atom stereocenters. The summed E-state index contributed by atoms with van der Waals surface area (Å²) in [5.74, 6) is 0.0101. The molecule has 1 amide bonds. The monoisotopic (exact) mass is 474 g/mol. The molecule has 10 heteroatoms. The first-order valence-electron chi connectivity index (χ1n) is 12.3. The highest BCUT2D eigenvalue weighted by Gasteiger charge is 2.32. The molecule has 0 spiro atoms. The van der Waals surface area contributed by atoms with Gasteiger partial charge in [0.05, 0.1) is 45.1 Å². The second-order valence-electron chi connectivity index (χ2n) is 8.56. The fourth-order valence-electron chi connectivity index (χ4n) is 4.89. The van der Waals surface area contributed by atoms with E-state index < -0.39 is 12.6 Å². The van der Waals surface area contributed by atoms with Gasteiger partial charge in [0.2, 0.25) is 5.88 Å². The molecule has 3 aliphatic rings. The highest BCUT2D eigenvalue weighted by atomic mass is 19.1. The van der Waals surface area contributed by atoms with Crippen molar-refractivity contribution in [2.45, 2.75) is 12.6 Å². The predicted molar refractivity (Wildman–Crippen MR) is 127 cm³/mol. The largest absolute Gasteiger partial charge is 0.474 e. The number of carbonyl (C=O) groups is 1. The van der Waals surface area contributed by atoms with Crippen LogP contribution in [-0.2, 0) is 11.3 Å². The van der Waals surface area contributed by atoms with Crippen molar-refractivity contribution in [3.8, 4) is 17.1 Å². The lowest BCUT2D eigenvalue weighted by molar-refractivity contribution is 0.0693. The van der Waals surface area contributed by atoms with Crippen molar-refractivity contribution in [1.82, 2.24) is 19.7 Å². The van der Waals surface area contributed by atoms with Crippen LogP contribution in [0.3, 0.4) is 0 Å². The maximum absolute atomic E-state index is 13.6. The third-order valence-electron chi connectivity index (χ3n) is 6.55. The third kappa shape index (κ3) is 3.21. The number of aromatic nitrogens is 3. The number of fused-ring (bicyclic) bond motifs is 5. The van der Waals surface area contributed by atoms with E-state index in [1.807, 2.05) is 17.0 Å². The topological polar surface area (TPSA) is 93.0 Å². The van der Waals surface area contributed by atoms with Crippen LogP contribution in [0.2, 0.25) is 0 Å². The van der Waals surface area contributed by atoms with Crippen molar-refractivity contribution in [2.24, 2.45) is 0 Å². The molecule has 3 aliphatic heterocycles. The molecule has 35 heavy (non-hydrogen) atoms. The molecule has 0 aliphatic carbocycles. The zero-order valence-corrected chi connectivity index (χ0v) is 18.4. The van der Waals surface area contributed by atoms with E-state index in [2.05, 4.69) is 20.6 Å². The van der Waals surface area contributed by atoms with E-state index in [-0.39, 0.29) is 24.2 Å². The fourth-order valence-corrected chi connectivity index (χ4v) is 4.89. The zero-order valence-electron chi connectivity index (χ0n) is 20.4. The molecular formula is C25H21FN6O3. The van der Waals surface area contributed by atoms with Crippen LogP contribution in [0.4, 0.5) is 21.6 Å². The van der Waals surface area contributed by atoms with Gasteiger partial charge >= 0.3 is 0 Å². The summed E-state index contributed by atoms with van der Waals surface area (Å²) >= 11 is 0. The lowest BCUT2D eigenvalue weighted by atomic mass is 9.99. The van der Waals surface area contributed by atoms with E-state index in [1.54, 1.807) is 28.9 Å². The van der Waals surface area contributed by atoms with Crippen molar-refractivity contribution in [3.05, 3.63) is 65.7 Å². The van der Waals surface area contributed by atoms with Crippen LogP contribution in [0.5, 0.6) is 5.88 Å². The van der Waals surface area contributed by atoms with Gasteiger partial charge in [-0.05, 0) is 29.8 Å². The Balaban J connectivity index is 1.26. The number of halogens is 1. The van der Waals surface area contributed by atoms with E-state index in [9.17, 15) is 9.18 Å². The third-order valence-corrected chi connectivity index (χ3v) is 6.55. The number of imidazole rings is 1. The summed E-state index contributed by atoms with van der Waals surface area (Å²) < 4.78 is 43.2. The van der Waals surface area contributed by atoms with Crippen LogP contribution in [0.15, 0.2) is 48.8 Å². The molecule has 2 N–H and O–H groups in total. The smallest absolute Gasteiger partial charge is 0.254 e. The van der Waals surface area contributed by atoms with Gasteiger partial charge in [-0.3, -0.25) is 9.20 Å². The first kappa shape index (κ1) is 18.2. The number of nitrogens with zero attached hydrogens (tertiary/aromatic N) is 4. The van der Waals surface area contributed by atoms with E-state index in [1.165, 1.54) is 12.1 Å². The van der Waals surface area contributed by atoms with Gasteiger partial charge in [0.15, 0.2) is 0 Å². The Kier molecular flexibility index (Phi) is 3.99. The quantitative estimate of drug-likeness (QED) is 0.471. The van der Waals surface area contributed by atoms with E-state index in [0.717, 1.165) is 16.8 Å². The van der Waals surface area contributed by atoms with Crippen molar-refractivity contribution < 1.29 is 21.4 Å². The minimum absolute atomic E-state index is 0.184. The normalized spacial score (nSPS) is 20.8. The molecule has 1 aromatic carbocycles. The summed E-state index contributed by atoms with van der Waals surface area (Å²) in [6.07, 6.45) is 3.28. The highest BCUT2D eigenvalue weighted by molar-refractivity contribution is 6.06. The number of benzene rings is 1. The Morgan fingerprint density at radius 2 is 2.20 bits per heavy atom. The molecule has 1 saturated heterocycles. The summed E-state index contributed by atoms with van der Waals surface area (Å²) in [5, 5.41) is 6.09. The molecule has 1 atom stereocenters. The lowest BCUT2D eigenvalue weighted by Gasteiger charge is -2.40. The molecule has 1 fully saturated rings. The Bertz CT molecular complexity index is 1590. The molecule has 3 aromatic heterocycles. The molecule has 0 saturated carbocycles. The van der Waals surface area contributed by atoms with Gasteiger partial charge < -0.3 is 25.0 Å². The lowest BCUT2D eigenvalue weighted by Crippen LogP contribution is -2.51. The van der Waals surface area contributed by atoms with Gasteiger partial charge in [0.25, 0.3) is 5.91 Å². The van der Waals surface area contributed by atoms with Gasteiger partial charge in [0, 0.05) is 30.9 Å². The number of rotatable bonds is 3. The van der Waals surface area contributed by atoms with Crippen molar-refractivity contribution in [3.63, 3.8) is 0 Å². The number of carbonyl (C=O) groups excluding carboxylic acids is 1.